The van der Waals surface area contributed by atoms with E-state index in [1.807, 2.05) is 100 Å². The van der Waals surface area contributed by atoms with Crippen LogP contribution in [-0.2, 0) is 22.4 Å². The van der Waals surface area contributed by atoms with Crippen molar-refractivity contribution in [2.24, 2.45) is 9.98 Å². The predicted molar refractivity (Wildman–Crippen MR) is 254 cm³/mol. The van der Waals surface area contributed by atoms with E-state index in [-0.39, 0.29) is 12.8 Å². The minimum absolute atomic E-state index is 0.0414. The Morgan fingerprint density at radius 1 is 0.548 bits per heavy atom. The van der Waals surface area contributed by atoms with Gasteiger partial charge in [0.2, 0.25) is 0 Å². The van der Waals surface area contributed by atoms with Crippen LogP contribution in [0.3, 0.4) is 0 Å². The van der Waals surface area contributed by atoms with E-state index in [2.05, 4.69) is 63.7 Å². The van der Waals surface area contributed by atoms with Crippen molar-refractivity contribution in [3.8, 4) is 22.6 Å². The standard InChI is InChI=1S/C54H54N4O4/c1-11-39-29(3)45(55-33(39)7)27-47-31(5)43(35(9)57-47)25-51(59)61-49-23-21-37-17-13-15-19-41(37)53(49)54-42-20-16-14-18-38(42)22-24-50(54)62-52(60)26-44-32(6)48(58-36(44)10)28-46-30(4)40(12-2)34(8)56-46/h13-24,27-28,55-56H,11-12,25-26H2,1-10H3. The highest BCUT2D eigenvalue weighted by atomic mass is 16.5. The van der Waals surface area contributed by atoms with Gasteiger partial charge in [-0.05, 0) is 159 Å². The lowest BCUT2D eigenvalue weighted by molar-refractivity contribution is -0.134. The molecule has 0 aliphatic carbocycles. The molecule has 8 nitrogen and oxygen atoms in total. The first-order valence-corrected chi connectivity index (χ1v) is 21.5. The van der Waals surface area contributed by atoms with Crippen molar-refractivity contribution >= 4 is 57.1 Å². The number of H-pyrrole nitrogens is 2. The maximum Gasteiger partial charge on any atom is 0.315 e. The van der Waals surface area contributed by atoms with E-state index in [9.17, 15) is 9.59 Å². The molecule has 0 amide bonds. The molecule has 6 aromatic rings. The van der Waals surface area contributed by atoms with Crippen LogP contribution in [0.5, 0.6) is 11.5 Å². The third-order valence-corrected chi connectivity index (χ3v) is 12.8. The maximum atomic E-state index is 14.1. The van der Waals surface area contributed by atoms with Crippen molar-refractivity contribution in [3.05, 3.63) is 152 Å². The number of esters is 2. The van der Waals surface area contributed by atoms with E-state index in [1.54, 1.807) is 0 Å². The summed E-state index contributed by atoms with van der Waals surface area (Å²) in [6, 6.07) is 23.6. The molecule has 0 radical (unpaired) electrons. The smallest absolute Gasteiger partial charge is 0.315 e. The quantitative estimate of drug-likeness (QED) is 0.100. The van der Waals surface area contributed by atoms with Crippen molar-refractivity contribution in [2.75, 3.05) is 0 Å². The van der Waals surface area contributed by atoms with Crippen molar-refractivity contribution in [3.63, 3.8) is 0 Å². The summed E-state index contributed by atoms with van der Waals surface area (Å²) >= 11 is 0. The number of hydrogen-bond donors (Lipinski definition) is 2. The van der Waals surface area contributed by atoms with Gasteiger partial charge in [-0.15, -0.1) is 0 Å². The molecule has 2 aliphatic rings. The average Bonchev–Trinajstić information content (AvgIpc) is 3.88. The minimum Gasteiger partial charge on any atom is -0.426 e. The molecule has 62 heavy (non-hydrogen) atoms. The van der Waals surface area contributed by atoms with Crippen LogP contribution in [0.15, 0.2) is 116 Å². The van der Waals surface area contributed by atoms with E-state index in [0.717, 1.165) is 102 Å². The fourth-order valence-electron chi connectivity index (χ4n) is 9.37. The number of aromatic amines is 2. The topological polar surface area (TPSA) is 109 Å². The molecule has 314 valence electrons. The molecule has 8 rings (SSSR count). The van der Waals surface area contributed by atoms with Crippen LogP contribution in [-0.4, -0.2) is 33.3 Å². The Hall–Kier alpha value is -6.80. The number of nitrogens with zero attached hydrogens (tertiary/aromatic N) is 2. The van der Waals surface area contributed by atoms with E-state index in [1.165, 1.54) is 22.3 Å². The zero-order valence-corrected chi connectivity index (χ0v) is 37.4. The van der Waals surface area contributed by atoms with Crippen molar-refractivity contribution < 1.29 is 19.1 Å². The summed E-state index contributed by atoms with van der Waals surface area (Å²) in [6.07, 6.45) is 6.13. The molecule has 2 N–H and O–H groups in total. The van der Waals surface area contributed by atoms with Crippen molar-refractivity contribution in [2.45, 2.75) is 94.9 Å². The van der Waals surface area contributed by atoms with Crippen LogP contribution in [0.4, 0.5) is 0 Å². The Balaban J connectivity index is 1.13. The number of nitrogens with one attached hydrogen (secondary N) is 2. The number of rotatable bonds is 11. The Kier molecular flexibility index (Phi) is 11.4. The predicted octanol–water partition coefficient (Wildman–Crippen LogP) is 12.9. The highest BCUT2D eigenvalue weighted by Gasteiger charge is 2.27. The zero-order chi connectivity index (χ0) is 44.0. The van der Waals surface area contributed by atoms with Gasteiger partial charge in [-0.3, -0.25) is 19.6 Å². The molecule has 4 heterocycles. The fourth-order valence-corrected chi connectivity index (χ4v) is 9.37. The first-order valence-electron chi connectivity index (χ1n) is 21.5. The number of carbonyl (C=O) groups excluding carboxylic acids is 2. The number of aryl methyl sites for hydroxylation is 2. The largest absolute Gasteiger partial charge is 0.426 e. The van der Waals surface area contributed by atoms with Crippen LogP contribution in [0.25, 0.3) is 44.8 Å². The van der Waals surface area contributed by atoms with Gasteiger partial charge in [0.25, 0.3) is 0 Å². The first kappa shape index (κ1) is 41.9. The average molecular weight is 823 g/mol. The van der Waals surface area contributed by atoms with Gasteiger partial charge in [0, 0.05) is 45.3 Å². The van der Waals surface area contributed by atoms with Crippen molar-refractivity contribution in [1.82, 2.24) is 9.97 Å². The minimum atomic E-state index is -0.413. The Labute approximate surface area is 363 Å². The number of hydrogen-bond acceptors (Lipinski definition) is 6. The van der Waals surface area contributed by atoms with Gasteiger partial charge in [-0.2, -0.15) is 0 Å². The number of allylic oxidation sites excluding steroid dienone is 2. The Morgan fingerprint density at radius 3 is 1.31 bits per heavy atom. The van der Waals surface area contributed by atoms with Gasteiger partial charge in [0.1, 0.15) is 11.5 Å². The molecule has 0 unspecified atom stereocenters. The first-order chi connectivity index (χ1) is 29.8. The second-order valence-corrected chi connectivity index (χ2v) is 16.5. The number of fused-ring (bicyclic) bond motifs is 2. The number of benzene rings is 4. The molecule has 0 atom stereocenters. The van der Waals surface area contributed by atoms with E-state index in [0.29, 0.717) is 22.6 Å². The Morgan fingerprint density at radius 2 is 0.935 bits per heavy atom. The van der Waals surface area contributed by atoms with Gasteiger partial charge in [0.05, 0.1) is 24.2 Å². The lowest BCUT2D eigenvalue weighted by Gasteiger charge is -2.19. The second kappa shape index (κ2) is 16.9. The summed E-state index contributed by atoms with van der Waals surface area (Å²) in [5, 5.41) is 3.64. The third kappa shape index (κ3) is 7.70. The van der Waals surface area contributed by atoms with Gasteiger partial charge in [0.15, 0.2) is 0 Å². The number of aliphatic imine (C=N–C) groups is 2. The molecule has 4 aromatic carbocycles. The number of aromatic nitrogens is 2. The molecule has 0 bridgehead atoms. The fraction of sp³-hybridized carbons (Fsp3) is 0.259. The lowest BCUT2D eigenvalue weighted by atomic mass is 9.92. The van der Waals surface area contributed by atoms with Gasteiger partial charge >= 0.3 is 11.9 Å². The highest BCUT2D eigenvalue weighted by Crippen LogP contribution is 2.46. The summed E-state index contributed by atoms with van der Waals surface area (Å²) < 4.78 is 12.8. The van der Waals surface area contributed by atoms with Crippen LogP contribution in [0, 0.1) is 27.7 Å². The molecule has 2 aromatic heterocycles. The summed E-state index contributed by atoms with van der Waals surface area (Å²) in [5.41, 5.74) is 17.6. The van der Waals surface area contributed by atoms with Gasteiger partial charge in [-0.25, -0.2) is 0 Å². The monoisotopic (exact) mass is 822 g/mol. The van der Waals surface area contributed by atoms with Crippen LogP contribution >= 0.6 is 0 Å². The molecule has 8 heteroatoms. The molecule has 0 spiro atoms. The molecule has 0 saturated heterocycles. The summed E-state index contributed by atoms with van der Waals surface area (Å²) in [4.78, 5) is 45.0. The summed E-state index contributed by atoms with van der Waals surface area (Å²) in [5.74, 6) is -0.0736. The SMILES string of the molecule is CCc1c(C)[nH]c(C=C2N=C(C)C(CC(=O)Oc3ccc4ccccc4c3-c3c(OC(=O)CC4=C(C)C(=Cc5[nH]c(C)c(CC)c5C)N=C4C)ccc4ccccc34)=C2C)c1C. The summed E-state index contributed by atoms with van der Waals surface area (Å²) in [7, 11) is 0. The lowest BCUT2D eigenvalue weighted by Crippen LogP contribution is -2.13. The number of ether oxygens (including phenoxy) is 2. The zero-order valence-electron chi connectivity index (χ0n) is 37.4. The number of carbonyl (C=O) groups is 2. The molecular weight excluding hydrogens is 769 g/mol. The van der Waals surface area contributed by atoms with E-state index < -0.39 is 11.9 Å². The van der Waals surface area contributed by atoms with Crippen molar-refractivity contribution in [1.29, 1.82) is 0 Å². The van der Waals surface area contributed by atoms with Gasteiger partial charge < -0.3 is 19.4 Å². The molecule has 0 fully saturated rings. The molecular formula is C54H54N4O4. The van der Waals surface area contributed by atoms with Crippen LogP contribution in [0.2, 0.25) is 0 Å². The summed E-state index contributed by atoms with van der Waals surface area (Å²) in [6.45, 7) is 20.7. The molecule has 2 aliphatic heterocycles. The third-order valence-electron chi connectivity index (χ3n) is 12.8. The maximum absolute atomic E-state index is 14.1. The van der Waals surface area contributed by atoms with Crippen LogP contribution < -0.4 is 9.47 Å². The Bertz CT molecular complexity index is 2840. The molecule has 0 saturated carbocycles. The normalized spacial score (nSPS) is 15.5. The van der Waals surface area contributed by atoms with Gasteiger partial charge in [-0.1, -0.05) is 74.5 Å². The van der Waals surface area contributed by atoms with E-state index >= 15 is 0 Å². The van der Waals surface area contributed by atoms with E-state index in [4.69, 9.17) is 19.5 Å². The van der Waals surface area contributed by atoms with Crippen LogP contribution in [0.1, 0.15) is 99.4 Å². The second-order valence-electron chi connectivity index (χ2n) is 16.5. The highest BCUT2D eigenvalue weighted by molar-refractivity contribution is 6.12.